The molecule has 1 N–H and O–H groups in total. The van der Waals surface area contributed by atoms with Crippen LogP contribution in [0.25, 0.3) is 0 Å². The average Bonchev–Trinajstić information content (AvgIpc) is 2.45. The largest absolute Gasteiger partial charge is 0.368 e. The van der Waals surface area contributed by atoms with Gasteiger partial charge in [-0.25, -0.2) is 0 Å². The maximum absolute atomic E-state index is 6.48. The number of anilines is 1. The van der Waals surface area contributed by atoms with Crippen LogP contribution in [0, 0.1) is 11.8 Å². The van der Waals surface area contributed by atoms with Crippen LogP contribution in [0.5, 0.6) is 0 Å². The van der Waals surface area contributed by atoms with Crippen molar-refractivity contribution in [3.8, 4) is 0 Å². The fourth-order valence-corrected chi connectivity index (χ4v) is 3.65. The number of hydrogen-bond acceptors (Lipinski definition) is 2. The number of piperidine rings is 1. The molecule has 1 heterocycles. The van der Waals surface area contributed by atoms with Crippen molar-refractivity contribution in [1.82, 2.24) is 5.32 Å². The molecule has 0 saturated carbocycles. The van der Waals surface area contributed by atoms with Crippen molar-refractivity contribution in [3.63, 3.8) is 0 Å². The van der Waals surface area contributed by atoms with Crippen LogP contribution < -0.4 is 10.2 Å². The molecular formula is C18H29ClN2. The first-order chi connectivity index (χ1) is 10.0. The summed E-state index contributed by atoms with van der Waals surface area (Å²) in [5.41, 5.74) is 2.57. The third-order valence-electron chi connectivity index (χ3n) is 4.73. The molecule has 1 fully saturated rings. The molecule has 0 radical (unpaired) electrons. The molecule has 3 unspecified atom stereocenters. The SMILES string of the molecule is CCCNCc1c(Cl)cccc1N1CC(C)CC(C)C1C. The molecule has 0 spiro atoms. The molecule has 118 valence electrons. The summed E-state index contributed by atoms with van der Waals surface area (Å²) in [6.07, 6.45) is 2.47. The van der Waals surface area contributed by atoms with E-state index < -0.39 is 0 Å². The Morgan fingerprint density at radius 1 is 1.29 bits per heavy atom. The molecule has 0 aromatic heterocycles. The molecule has 2 nitrogen and oxygen atoms in total. The van der Waals surface area contributed by atoms with E-state index in [2.05, 4.69) is 50.0 Å². The first-order valence-corrected chi connectivity index (χ1v) is 8.67. The van der Waals surface area contributed by atoms with Gasteiger partial charge >= 0.3 is 0 Å². The highest BCUT2D eigenvalue weighted by molar-refractivity contribution is 6.31. The number of rotatable bonds is 5. The van der Waals surface area contributed by atoms with Crippen molar-refractivity contribution >= 4 is 17.3 Å². The minimum Gasteiger partial charge on any atom is -0.368 e. The van der Waals surface area contributed by atoms with E-state index in [0.717, 1.165) is 42.9 Å². The van der Waals surface area contributed by atoms with Gasteiger partial charge in [0.2, 0.25) is 0 Å². The Hall–Kier alpha value is -0.730. The van der Waals surface area contributed by atoms with Gasteiger partial charge in [0.25, 0.3) is 0 Å². The van der Waals surface area contributed by atoms with Crippen LogP contribution in [0.1, 0.15) is 46.1 Å². The Morgan fingerprint density at radius 2 is 2.05 bits per heavy atom. The molecule has 1 aromatic rings. The molecule has 1 aromatic carbocycles. The van der Waals surface area contributed by atoms with Gasteiger partial charge in [0, 0.05) is 35.4 Å². The number of hydrogen-bond donors (Lipinski definition) is 1. The Labute approximate surface area is 134 Å². The molecule has 0 aliphatic carbocycles. The maximum Gasteiger partial charge on any atom is 0.0471 e. The Kier molecular flexibility index (Phi) is 5.95. The summed E-state index contributed by atoms with van der Waals surface area (Å²) < 4.78 is 0. The summed E-state index contributed by atoms with van der Waals surface area (Å²) in [4.78, 5) is 2.56. The van der Waals surface area contributed by atoms with E-state index in [1.54, 1.807) is 0 Å². The van der Waals surface area contributed by atoms with E-state index in [4.69, 9.17) is 11.6 Å². The van der Waals surface area contributed by atoms with Gasteiger partial charge in [-0.05, 0) is 50.3 Å². The number of benzene rings is 1. The third kappa shape index (κ3) is 3.92. The predicted octanol–water partition coefficient (Wildman–Crippen LogP) is 4.71. The van der Waals surface area contributed by atoms with Crippen molar-refractivity contribution in [2.24, 2.45) is 11.8 Å². The second kappa shape index (κ2) is 7.51. The van der Waals surface area contributed by atoms with E-state index in [-0.39, 0.29) is 0 Å². The number of nitrogens with one attached hydrogen (secondary N) is 1. The van der Waals surface area contributed by atoms with Gasteiger partial charge in [-0.3, -0.25) is 0 Å². The first kappa shape index (κ1) is 16.6. The van der Waals surface area contributed by atoms with Crippen LogP contribution in [0.3, 0.4) is 0 Å². The molecule has 1 aliphatic heterocycles. The lowest BCUT2D eigenvalue weighted by Crippen LogP contribution is -2.46. The fourth-order valence-electron chi connectivity index (χ4n) is 3.41. The molecular weight excluding hydrogens is 280 g/mol. The zero-order chi connectivity index (χ0) is 15.4. The average molecular weight is 309 g/mol. The second-order valence-electron chi connectivity index (χ2n) is 6.63. The highest BCUT2D eigenvalue weighted by Gasteiger charge is 2.30. The van der Waals surface area contributed by atoms with Crippen LogP contribution in [0.4, 0.5) is 5.69 Å². The molecule has 3 atom stereocenters. The van der Waals surface area contributed by atoms with E-state index in [0.29, 0.717) is 6.04 Å². The normalized spacial score (nSPS) is 26.1. The summed E-state index contributed by atoms with van der Waals surface area (Å²) >= 11 is 6.48. The van der Waals surface area contributed by atoms with Crippen molar-refractivity contribution in [2.45, 2.75) is 53.1 Å². The van der Waals surface area contributed by atoms with Crippen molar-refractivity contribution in [1.29, 1.82) is 0 Å². The molecule has 21 heavy (non-hydrogen) atoms. The topological polar surface area (TPSA) is 15.3 Å². The minimum atomic E-state index is 0.574. The lowest BCUT2D eigenvalue weighted by molar-refractivity contribution is 0.296. The lowest BCUT2D eigenvalue weighted by Gasteiger charge is -2.43. The highest BCUT2D eigenvalue weighted by atomic mass is 35.5. The van der Waals surface area contributed by atoms with Crippen LogP contribution >= 0.6 is 11.6 Å². The van der Waals surface area contributed by atoms with Gasteiger partial charge < -0.3 is 10.2 Å². The monoisotopic (exact) mass is 308 g/mol. The quantitative estimate of drug-likeness (QED) is 0.792. The van der Waals surface area contributed by atoms with Gasteiger partial charge in [-0.1, -0.05) is 38.4 Å². The van der Waals surface area contributed by atoms with Gasteiger partial charge in [0.05, 0.1) is 0 Å². The molecule has 1 saturated heterocycles. The van der Waals surface area contributed by atoms with Crippen molar-refractivity contribution in [2.75, 3.05) is 18.0 Å². The number of halogens is 1. The summed E-state index contributed by atoms with van der Waals surface area (Å²) in [5, 5.41) is 4.38. The summed E-state index contributed by atoms with van der Waals surface area (Å²) in [6.45, 7) is 12.3. The lowest BCUT2D eigenvalue weighted by atomic mass is 9.85. The molecule has 1 aliphatic rings. The molecule has 0 bridgehead atoms. The summed E-state index contributed by atoms with van der Waals surface area (Å²) in [7, 11) is 0. The third-order valence-corrected chi connectivity index (χ3v) is 5.08. The minimum absolute atomic E-state index is 0.574. The maximum atomic E-state index is 6.48. The van der Waals surface area contributed by atoms with Gasteiger partial charge in [-0.15, -0.1) is 0 Å². The van der Waals surface area contributed by atoms with Crippen molar-refractivity contribution in [3.05, 3.63) is 28.8 Å². The van der Waals surface area contributed by atoms with Crippen LogP contribution in [0.2, 0.25) is 5.02 Å². The van der Waals surface area contributed by atoms with Gasteiger partial charge in [0.1, 0.15) is 0 Å². The standard InChI is InChI=1S/C18H29ClN2/c1-5-9-20-11-16-17(19)7-6-8-18(16)21-12-13(2)10-14(3)15(21)4/h6-8,13-15,20H,5,9-12H2,1-4H3. The Balaban J connectivity index is 2.27. The summed E-state index contributed by atoms with van der Waals surface area (Å²) in [6, 6.07) is 6.90. The summed E-state index contributed by atoms with van der Waals surface area (Å²) in [5.74, 6) is 1.47. The van der Waals surface area contributed by atoms with Crippen LogP contribution in [0.15, 0.2) is 18.2 Å². The Bertz CT molecular complexity index is 461. The van der Waals surface area contributed by atoms with E-state index in [1.165, 1.54) is 17.7 Å². The molecule has 0 amide bonds. The van der Waals surface area contributed by atoms with Gasteiger partial charge in [0.15, 0.2) is 0 Å². The fraction of sp³-hybridized carbons (Fsp3) is 0.667. The van der Waals surface area contributed by atoms with E-state index in [9.17, 15) is 0 Å². The number of nitrogens with zero attached hydrogens (tertiary/aromatic N) is 1. The smallest absolute Gasteiger partial charge is 0.0471 e. The van der Waals surface area contributed by atoms with Gasteiger partial charge in [-0.2, -0.15) is 0 Å². The second-order valence-corrected chi connectivity index (χ2v) is 7.03. The molecule has 3 heteroatoms. The zero-order valence-electron chi connectivity index (χ0n) is 13.8. The predicted molar refractivity (Wildman–Crippen MR) is 93.2 cm³/mol. The first-order valence-electron chi connectivity index (χ1n) is 8.29. The molecule has 2 rings (SSSR count). The van der Waals surface area contributed by atoms with E-state index in [1.807, 2.05) is 6.07 Å². The van der Waals surface area contributed by atoms with Crippen molar-refractivity contribution < 1.29 is 0 Å². The Morgan fingerprint density at radius 3 is 2.76 bits per heavy atom. The van der Waals surface area contributed by atoms with Crippen LogP contribution in [-0.2, 0) is 6.54 Å². The zero-order valence-corrected chi connectivity index (χ0v) is 14.6. The van der Waals surface area contributed by atoms with Crippen LogP contribution in [-0.4, -0.2) is 19.1 Å². The van der Waals surface area contributed by atoms with E-state index >= 15 is 0 Å². The highest BCUT2D eigenvalue weighted by Crippen LogP contribution is 2.35.